The third-order valence-electron chi connectivity index (χ3n) is 2.41. The van der Waals surface area contributed by atoms with Gasteiger partial charge in [0.25, 0.3) is 0 Å². The molecule has 3 N–H and O–H groups in total. The quantitative estimate of drug-likeness (QED) is 0.595. The Kier molecular flexibility index (Phi) is 7.33. The van der Waals surface area contributed by atoms with Gasteiger partial charge in [-0.1, -0.05) is 13.8 Å². The molecule has 1 unspecified atom stereocenters. The molecule has 0 aromatic heterocycles. The molecule has 0 radical (unpaired) electrons. The Bertz CT molecular complexity index is 327. The van der Waals surface area contributed by atoms with Crippen LogP contribution in [0, 0.1) is 5.92 Å². The summed E-state index contributed by atoms with van der Waals surface area (Å²) in [6, 6.07) is -0.266. The van der Waals surface area contributed by atoms with Crippen LogP contribution in [0.4, 0.5) is 0 Å². The Morgan fingerprint density at radius 3 is 2.41 bits per heavy atom. The van der Waals surface area contributed by atoms with E-state index in [9.17, 15) is 13.2 Å². The van der Waals surface area contributed by atoms with Gasteiger partial charge >= 0.3 is 5.97 Å². The van der Waals surface area contributed by atoms with E-state index in [0.29, 0.717) is 0 Å². The molecule has 7 heteroatoms. The van der Waals surface area contributed by atoms with Gasteiger partial charge < -0.3 is 10.5 Å². The highest BCUT2D eigenvalue weighted by atomic mass is 32.2. The lowest BCUT2D eigenvalue weighted by molar-refractivity contribution is -0.140. The third-order valence-corrected chi connectivity index (χ3v) is 3.90. The lowest BCUT2D eigenvalue weighted by Gasteiger charge is -2.20. The number of nitrogens with two attached hydrogens (primary N) is 1. The molecule has 0 bridgehead atoms. The van der Waals surface area contributed by atoms with Gasteiger partial charge in [0.1, 0.15) is 0 Å². The molecule has 0 saturated carbocycles. The van der Waals surface area contributed by atoms with Gasteiger partial charge in [0.05, 0.1) is 12.9 Å². The van der Waals surface area contributed by atoms with Gasteiger partial charge in [-0.25, -0.2) is 13.1 Å². The zero-order valence-electron chi connectivity index (χ0n) is 10.6. The number of carbonyl (C=O) groups is 1. The Labute approximate surface area is 103 Å². The number of hydrogen-bond donors (Lipinski definition) is 2. The number of rotatable bonds is 8. The Balaban J connectivity index is 4.16. The fourth-order valence-electron chi connectivity index (χ4n) is 1.25. The van der Waals surface area contributed by atoms with Gasteiger partial charge in [-0.3, -0.25) is 4.79 Å². The number of nitrogens with one attached hydrogen (secondary N) is 1. The monoisotopic (exact) mass is 266 g/mol. The number of sulfonamides is 1. The molecule has 0 aromatic carbocycles. The van der Waals surface area contributed by atoms with E-state index < -0.39 is 16.0 Å². The normalized spacial score (nSPS) is 13.7. The van der Waals surface area contributed by atoms with Crippen molar-refractivity contribution < 1.29 is 17.9 Å². The fraction of sp³-hybridized carbons (Fsp3) is 0.900. The standard InChI is InChI=1S/C10H22N2O4S/c1-8(2)9(7-11)12-17(14,15)6-4-5-10(13)16-3/h8-9,12H,4-7,11H2,1-3H3. The maximum Gasteiger partial charge on any atom is 0.305 e. The average Bonchev–Trinajstić information content (AvgIpc) is 2.25. The summed E-state index contributed by atoms with van der Waals surface area (Å²) >= 11 is 0. The van der Waals surface area contributed by atoms with Gasteiger partial charge in [0.2, 0.25) is 10.0 Å². The van der Waals surface area contributed by atoms with Gasteiger partial charge in [0.15, 0.2) is 0 Å². The van der Waals surface area contributed by atoms with Crippen molar-refractivity contribution in [3.63, 3.8) is 0 Å². The first-order valence-corrected chi connectivity index (χ1v) is 7.24. The molecule has 0 saturated heterocycles. The van der Waals surface area contributed by atoms with Crippen LogP contribution in [0.5, 0.6) is 0 Å². The number of hydrogen-bond acceptors (Lipinski definition) is 5. The number of carbonyl (C=O) groups excluding carboxylic acids is 1. The van der Waals surface area contributed by atoms with Crippen LogP contribution in [0.2, 0.25) is 0 Å². The smallest absolute Gasteiger partial charge is 0.305 e. The van der Waals surface area contributed by atoms with E-state index in [1.165, 1.54) is 7.11 Å². The van der Waals surface area contributed by atoms with Crippen molar-refractivity contribution in [3.05, 3.63) is 0 Å². The van der Waals surface area contributed by atoms with Gasteiger partial charge in [-0.05, 0) is 12.3 Å². The van der Waals surface area contributed by atoms with Crippen LogP contribution in [0.3, 0.4) is 0 Å². The molecule has 0 aliphatic rings. The summed E-state index contributed by atoms with van der Waals surface area (Å²) in [7, 11) is -2.10. The second kappa shape index (κ2) is 7.62. The fourth-order valence-corrected chi connectivity index (χ4v) is 2.73. The minimum atomic E-state index is -3.38. The van der Waals surface area contributed by atoms with Crippen LogP contribution in [-0.4, -0.2) is 39.8 Å². The summed E-state index contributed by atoms with van der Waals surface area (Å²) in [4.78, 5) is 10.8. The van der Waals surface area contributed by atoms with E-state index >= 15 is 0 Å². The van der Waals surface area contributed by atoms with Crippen LogP contribution in [-0.2, 0) is 19.6 Å². The van der Waals surface area contributed by atoms with Crippen molar-refractivity contribution in [1.29, 1.82) is 0 Å². The molecule has 0 spiro atoms. The minimum absolute atomic E-state index is 0.0919. The van der Waals surface area contributed by atoms with Crippen LogP contribution in [0.15, 0.2) is 0 Å². The average molecular weight is 266 g/mol. The molecule has 102 valence electrons. The van der Waals surface area contributed by atoms with Crippen molar-refractivity contribution in [2.45, 2.75) is 32.7 Å². The summed E-state index contributed by atoms with van der Waals surface area (Å²) in [5.74, 6) is -0.361. The van der Waals surface area contributed by atoms with E-state index in [1.54, 1.807) is 0 Å². The van der Waals surface area contributed by atoms with Gasteiger partial charge in [-0.2, -0.15) is 0 Å². The predicted octanol–water partition coefficient (Wildman–Crippen LogP) is -0.158. The lowest BCUT2D eigenvalue weighted by atomic mass is 10.1. The van der Waals surface area contributed by atoms with Crippen LogP contribution >= 0.6 is 0 Å². The molecular formula is C10H22N2O4S. The summed E-state index contributed by atoms with van der Waals surface area (Å²) in [5.41, 5.74) is 5.48. The summed E-state index contributed by atoms with van der Waals surface area (Å²) in [6.07, 6.45) is 0.351. The Morgan fingerprint density at radius 1 is 1.41 bits per heavy atom. The highest BCUT2D eigenvalue weighted by Gasteiger charge is 2.19. The second-order valence-electron chi connectivity index (χ2n) is 4.20. The molecule has 6 nitrogen and oxygen atoms in total. The topological polar surface area (TPSA) is 98.5 Å². The van der Waals surface area contributed by atoms with Crippen molar-refractivity contribution >= 4 is 16.0 Å². The van der Waals surface area contributed by atoms with E-state index in [4.69, 9.17) is 5.73 Å². The Morgan fingerprint density at radius 2 is 2.00 bits per heavy atom. The van der Waals surface area contributed by atoms with E-state index in [0.717, 1.165) is 0 Å². The SMILES string of the molecule is COC(=O)CCCS(=O)(=O)NC(CN)C(C)C. The minimum Gasteiger partial charge on any atom is -0.469 e. The molecule has 0 aliphatic heterocycles. The van der Waals surface area contributed by atoms with E-state index in [-0.39, 0.29) is 37.1 Å². The van der Waals surface area contributed by atoms with Crippen molar-refractivity contribution in [1.82, 2.24) is 4.72 Å². The number of esters is 1. The predicted molar refractivity (Wildman–Crippen MR) is 65.9 cm³/mol. The number of ether oxygens (including phenoxy) is 1. The van der Waals surface area contributed by atoms with Crippen molar-refractivity contribution in [2.75, 3.05) is 19.4 Å². The van der Waals surface area contributed by atoms with Crippen LogP contribution < -0.4 is 10.5 Å². The second-order valence-corrected chi connectivity index (χ2v) is 6.08. The molecule has 0 amide bonds. The first kappa shape index (κ1) is 16.3. The van der Waals surface area contributed by atoms with E-state index in [2.05, 4.69) is 9.46 Å². The highest BCUT2D eigenvalue weighted by Crippen LogP contribution is 2.03. The summed E-state index contributed by atoms with van der Waals surface area (Å²) in [6.45, 7) is 4.05. The first-order valence-electron chi connectivity index (χ1n) is 5.59. The maximum absolute atomic E-state index is 11.7. The molecule has 1 atom stereocenters. The van der Waals surface area contributed by atoms with Crippen LogP contribution in [0.25, 0.3) is 0 Å². The molecule has 17 heavy (non-hydrogen) atoms. The molecule has 0 aromatic rings. The van der Waals surface area contributed by atoms with Crippen molar-refractivity contribution in [3.8, 4) is 0 Å². The van der Waals surface area contributed by atoms with Crippen molar-refractivity contribution in [2.24, 2.45) is 11.7 Å². The summed E-state index contributed by atoms with van der Waals surface area (Å²) in [5, 5.41) is 0. The zero-order chi connectivity index (χ0) is 13.5. The molecule has 0 heterocycles. The molecular weight excluding hydrogens is 244 g/mol. The zero-order valence-corrected chi connectivity index (χ0v) is 11.4. The first-order chi connectivity index (χ1) is 7.82. The molecule has 0 aliphatic carbocycles. The summed E-state index contributed by atoms with van der Waals surface area (Å²) < 4.78 is 30.3. The maximum atomic E-state index is 11.7. The molecule has 0 fully saturated rings. The van der Waals surface area contributed by atoms with Gasteiger partial charge in [0, 0.05) is 19.0 Å². The number of methoxy groups -OCH3 is 1. The van der Waals surface area contributed by atoms with E-state index in [1.807, 2.05) is 13.8 Å². The Hall–Kier alpha value is -0.660. The lowest BCUT2D eigenvalue weighted by Crippen LogP contribution is -2.44. The van der Waals surface area contributed by atoms with Gasteiger partial charge in [-0.15, -0.1) is 0 Å². The third kappa shape index (κ3) is 7.30. The largest absolute Gasteiger partial charge is 0.469 e. The molecule has 0 rings (SSSR count). The highest BCUT2D eigenvalue weighted by molar-refractivity contribution is 7.89. The van der Waals surface area contributed by atoms with Crippen LogP contribution in [0.1, 0.15) is 26.7 Å².